The molecule has 0 aromatic rings. The molecule has 0 aliphatic carbocycles. The van der Waals surface area contributed by atoms with Gasteiger partial charge in [-0.25, -0.2) is 0 Å². The summed E-state index contributed by atoms with van der Waals surface area (Å²) >= 11 is 0. The van der Waals surface area contributed by atoms with Crippen LogP contribution >= 0.6 is 0 Å². The highest BCUT2D eigenvalue weighted by Gasteiger charge is 2.39. The molecule has 0 rings (SSSR count). The van der Waals surface area contributed by atoms with Gasteiger partial charge >= 0.3 is 0 Å². The fraction of sp³-hybridized carbons (Fsp3) is 1.00. The summed E-state index contributed by atoms with van der Waals surface area (Å²) in [5.74, 6) is 0. The number of aliphatic hydroxyl groups excluding tert-OH is 8. The van der Waals surface area contributed by atoms with E-state index < -0.39 is 16.2 Å². The van der Waals surface area contributed by atoms with Crippen LogP contribution in [0.2, 0.25) is 0 Å². The van der Waals surface area contributed by atoms with Crippen molar-refractivity contribution in [1.82, 2.24) is 0 Å². The van der Waals surface area contributed by atoms with Crippen LogP contribution in [0.4, 0.5) is 0 Å². The van der Waals surface area contributed by atoms with Gasteiger partial charge in [0.1, 0.15) is 0 Å². The van der Waals surface area contributed by atoms with Gasteiger partial charge in [0.2, 0.25) is 0 Å². The minimum absolute atomic E-state index is 0.0123. The molecule has 296 valence electrons. The molecule has 0 aromatic heterocycles. The van der Waals surface area contributed by atoms with Crippen molar-refractivity contribution in [3.8, 4) is 0 Å². The topological polar surface area (TPSA) is 254 Å². The minimum atomic E-state index is -0.991. The van der Waals surface area contributed by atoms with Crippen molar-refractivity contribution in [2.75, 3.05) is 185 Å². The maximum atomic E-state index is 9.42. The Morgan fingerprint density at radius 1 is 0.204 bits per heavy atom. The molecule has 0 aliphatic heterocycles. The summed E-state index contributed by atoms with van der Waals surface area (Å²) in [7, 11) is 0. The monoisotopic (exact) mass is 724 g/mol. The molecule has 0 amide bonds. The van der Waals surface area contributed by atoms with Crippen molar-refractivity contribution in [3.05, 3.63) is 0 Å². The van der Waals surface area contributed by atoms with Gasteiger partial charge in [-0.3, -0.25) is 0 Å². The van der Waals surface area contributed by atoms with Crippen molar-refractivity contribution in [2.24, 2.45) is 16.2 Å². The Bertz CT molecular complexity index is 582. The van der Waals surface area contributed by atoms with E-state index >= 15 is 0 Å². The molecule has 8 N–H and O–H groups in total. The first kappa shape index (κ1) is 48.3. The number of hydrogen-bond acceptors (Lipinski definition) is 18. The predicted molar refractivity (Wildman–Crippen MR) is 172 cm³/mol. The van der Waals surface area contributed by atoms with Crippen LogP contribution in [0.3, 0.4) is 0 Å². The van der Waals surface area contributed by atoms with Crippen LogP contribution in [-0.2, 0) is 47.4 Å². The highest BCUT2D eigenvalue weighted by Crippen LogP contribution is 2.27. The summed E-state index contributed by atoms with van der Waals surface area (Å²) < 4.78 is 58.0. The van der Waals surface area contributed by atoms with Gasteiger partial charge in [0, 0.05) is 0 Å². The Morgan fingerprint density at radius 3 is 0.449 bits per heavy atom. The molecule has 18 heteroatoms. The second-order valence-corrected chi connectivity index (χ2v) is 11.7. The summed E-state index contributed by atoms with van der Waals surface area (Å²) in [4.78, 5) is 0. The first-order valence-corrected chi connectivity index (χ1v) is 16.5. The first-order valence-electron chi connectivity index (χ1n) is 16.5. The summed E-state index contributed by atoms with van der Waals surface area (Å²) in [6, 6.07) is 0. The number of aliphatic hydroxyl groups is 8. The van der Waals surface area contributed by atoms with E-state index in [1.54, 1.807) is 0 Å². The minimum Gasteiger partial charge on any atom is -0.394 e. The van der Waals surface area contributed by atoms with Crippen molar-refractivity contribution in [1.29, 1.82) is 0 Å². The summed E-state index contributed by atoms with van der Waals surface area (Å²) in [5, 5.41) is 74.5. The lowest BCUT2D eigenvalue weighted by Crippen LogP contribution is -2.48. The second kappa shape index (κ2) is 33.1. The highest BCUT2D eigenvalue weighted by atomic mass is 16.6. The Kier molecular flexibility index (Phi) is 32.7. The fourth-order valence-corrected chi connectivity index (χ4v) is 4.54. The molecular formula is C31H64O18. The van der Waals surface area contributed by atoms with E-state index in [1.165, 1.54) is 0 Å². The number of hydrogen-bond donors (Lipinski definition) is 8. The van der Waals surface area contributed by atoms with Crippen LogP contribution in [0.15, 0.2) is 0 Å². The molecule has 0 spiro atoms. The molecule has 0 saturated carbocycles. The molecule has 0 radical (unpaired) electrons. The van der Waals surface area contributed by atoms with Gasteiger partial charge < -0.3 is 88.2 Å². The summed E-state index contributed by atoms with van der Waals surface area (Å²) in [5.41, 5.74) is -2.80. The van der Waals surface area contributed by atoms with E-state index in [2.05, 4.69) is 0 Å². The van der Waals surface area contributed by atoms with Gasteiger partial charge in [-0.1, -0.05) is 0 Å². The molecule has 0 aromatic carbocycles. The first-order chi connectivity index (χ1) is 23.9. The van der Waals surface area contributed by atoms with Crippen molar-refractivity contribution in [3.63, 3.8) is 0 Å². The third-order valence-electron chi connectivity index (χ3n) is 6.78. The van der Waals surface area contributed by atoms with E-state index in [0.717, 1.165) is 0 Å². The normalized spacial score (nSPS) is 12.7. The number of rotatable bonds is 40. The second-order valence-electron chi connectivity index (χ2n) is 11.7. The lowest BCUT2D eigenvalue weighted by Gasteiger charge is -2.38. The highest BCUT2D eigenvalue weighted by molar-refractivity contribution is 4.85. The van der Waals surface area contributed by atoms with Crippen molar-refractivity contribution >= 4 is 0 Å². The summed E-state index contributed by atoms with van der Waals surface area (Å²) in [6.45, 7) is -0.942. The predicted octanol–water partition coefficient (Wildman–Crippen LogP) is -3.95. The van der Waals surface area contributed by atoms with Crippen molar-refractivity contribution < 1.29 is 88.2 Å². The zero-order valence-electron chi connectivity index (χ0n) is 29.0. The van der Waals surface area contributed by atoms with Gasteiger partial charge in [-0.15, -0.1) is 0 Å². The van der Waals surface area contributed by atoms with Gasteiger partial charge in [-0.2, -0.15) is 0 Å². The van der Waals surface area contributed by atoms with Crippen LogP contribution in [0, 0.1) is 16.2 Å². The molecular weight excluding hydrogens is 660 g/mol. The van der Waals surface area contributed by atoms with Crippen LogP contribution in [0.25, 0.3) is 0 Å². The zero-order chi connectivity index (χ0) is 36.4. The lowest BCUT2D eigenvalue weighted by molar-refractivity contribution is -0.160. The Morgan fingerprint density at radius 2 is 0.327 bits per heavy atom. The molecule has 18 nitrogen and oxygen atoms in total. The molecule has 0 bridgehead atoms. The Balaban J connectivity index is 6.22. The van der Waals surface area contributed by atoms with Crippen LogP contribution < -0.4 is 0 Å². The van der Waals surface area contributed by atoms with Crippen LogP contribution in [0.1, 0.15) is 0 Å². The van der Waals surface area contributed by atoms with Gasteiger partial charge in [0.25, 0.3) is 0 Å². The van der Waals surface area contributed by atoms with E-state index in [9.17, 15) is 40.9 Å². The molecule has 0 atom stereocenters. The lowest BCUT2D eigenvalue weighted by atomic mass is 9.89. The molecule has 0 fully saturated rings. The Hall–Kier alpha value is -0.720. The SMILES string of the molecule is OCCOCC(COCCO)(COCCO)COCC(COCCO)(COCCO)COCC(COCCO)(COCCO)COCCO. The van der Waals surface area contributed by atoms with Gasteiger partial charge in [-0.05, 0) is 0 Å². The largest absolute Gasteiger partial charge is 0.394 e. The van der Waals surface area contributed by atoms with E-state index in [1.807, 2.05) is 0 Å². The molecule has 0 saturated heterocycles. The van der Waals surface area contributed by atoms with Crippen molar-refractivity contribution in [2.45, 2.75) is 0 Å². The summed E-state index contributed by atoms with van der Waals surface area (Å²) in [6.07, 6.45) is 0. The average Bonchev–Trinajstić information content (AvgIpc) is 3.09. The maximum absolute atomic E-state index is 9.42. The van der Waals surface area contributed by atoms with Gasteiger partial charge in [0.05, 0.1) is 201 Å². The molecule has 0 unspecified atom stereocenters. The molecule has 0 heterocycles. The van der Waals surface area contributed by atoms with Gasteiger partial charge in [0.15, 0.2) is 0 Å². The third kappa shape index (κ3) is 24.2. The molecule has 49 heavy (non-hydrogen) atoms. The number of ether oxygens (including phenoxy) is 10. The van der Waals surface area contributed by atoms with Crippen LogP contribution in [0.5, 0.6) is 0 Å². The Labute approximate surface area is 289 Å². The average molecular weight is 725 g/mol. The zero-order valence-corrected chi connectivity index (χ0v) is 29.0. The van der Waals surface area contributed by atoms with E-state index in [4.69, 9.17) is 47.4 Å². The standard InChI is InChI=1S/C31H64O18/c32-1-9-40-17-29(18-41-10-2-33,19-42-11-3-34)25-48-27-31(23-46-15-7-38,24-47-16-8-39)28-49-26-30(20-43-12-4-35,21-44-13-5-36)22-45-14-6-37/h32-39H,1-28H2. The third-order valence-corrected chi connectivity index (χ3v) is 6.78. The fourth-order valence-electron chi connectivity index (χ4n) is 4.54. The van der Waals surface area contributed by atoms with Crippen LogP contribution in [-0.4, -0.2) is 226 Å². The van der Waals surface area contributed by atoms with E-state index in [0.29, 0.717) is 0 Å². The maximum Gasteiger partial charge on any atom is 0.0698 e. The molecule has 0 aliphatic rings. The quantitative estimate of drug-likeness (QED) is 0.0281. The smallest absolute Gasteiger partial charge is 0.0698 e. The van der Waals surface area contributed by atoms with E-state index in [-0.39, 0.29) is 185 Å².